The van der Waals surface area contributed by atoms with E-state index in [1.165, 1.54) is 19.1 Å². The molecule has 0 bridgehead atoms. The number of imide groups is 1. The highest BCUT2D eigenvalue weighted by Crippen LogP contribution is 2.28. The lowest BCUT2D eigenvalue weighted by molar-refractivity contribution is -0.138. The van der Waals surface area contributed by atoms with Gasteiger partial charge in [0.25, 0.3) is 5.91 Å². The first-order valence-corrected chi connectivity index (χ1v) is 6.62. The van der Waals surface area contributed by atoms with Gasteiger partial charge in [-0.05, 0) is 24.6 Å². The van der Waals surface area contributed by atoms with Crippen molar-refractivity contribution in [3.8, 4) is 0 Å². The largest absolute Gasteiger partial charge is 0.480 e. The van der Waals surface area contributed by atoms with E-state index in [1.807, 2.05) is 0 Å². The molecule has 1 aromatic rings. The number of carboxylic acid groups (broad SMARTS) is 1. The Balaban J connectivity index is 2.14. The quantitative estimate of drug-likeness (QED) is 0.649. The van der Waals surface area contributed by atoms with E-state index in [2.05, 4.69) is 10.6 Å². The van der Waals surface area contributed by atoms with E-state index in [0.29, 0.717) is 10.5 Å². The predicted octanol–water partition coefficient (Wildman–Crippen LogP) is -0.207. The lowest BCUT2D eigenvalue weighted by atomic mass is 9.92. The second-order valence-electron chi connectivity index (χ2n) is 5.12. The van der Waals surface area contributed by atoms with Gasteiger partial charge in [-0.3, -0.25) is 19.3 Å². The number of aliphatic carboxylic acids is 1. The summed E-state index contributed by atoms with van der Waals surface area (Å²) in [6.45, 7) is 0.224. The Labute approximate surface area is 130 Å². The van der Waals surface area contributed by atoms with Gasteiger partial charge >= 0.3 is 12.0 Å². The summed E-state index contributed by atoms with van der Waals surface area (Å²) < 4.78 is 13.0. The van der Waals surface area contributed by atoms with Gasteiger partial charge in [-0.25, -0.2) is 9.18 Å². The van der Waals surface area contributed by atoms with Gasteiger partial charge in [0.2, 0.25) is 5.91 Å². The van der Waals surface area contributed by atoms with Crippen LogP contribution in [0.15, 0.2) is 24.3 Å². The molecule has 1 heterocycles. The van der Waals surface area contributed by atoms with Gasteiger partial charge in [-0.1, -0.05) is 12.1 Å². The minimum atomic E-state index is -1.42. The van der Waals surface area contributed by atoms with Crippen molar-refractivity contribution in [2.75, 3.05) is 13.1 Å². The molecule has 8 nitrogen and oxygen atoms in total. The predicted molar refractivity (Wildman–Crippen MR) is 74.6 cm³/mol. The van der Waals surface area contributed by atoms with Crippen molar-refractivity contribution in [3.63, 3.8) is 0 Å². The first-order valence-electron chi connectivity index (χ1n) is 6.62. The van der Waals surface area contributed by atoms with Gasteiger partial charge in [0, 0.05) is 0 Å². The summed E-state index contributed by atoms with van der Waals surface area (Å²) in [4.78, 5) is 47.0. The van der Waals surface area contributed by atoms with Crippen molar-refractivity contribution in [2.24, 2.45) is 0 Å². The molecule has 23 heavy (non-hydrogen) atoms. The van der Waals surface area contributed by atoms with Gasteiger partial charge in [-0.2, -0.15) is 0 Å². The highest BCUT2D eigenvalue weighted by atomic mass is 19.1. The molecular weight excluding hydrogens is 309 g/mol. The van der Waals surface area contributed by atoms with Crippen LogP contribution in [0.5, 0.6) is 0 Å². The molecule has 1 aliphatic rings. The van der Waals surface area contributed by atoms with Crippen molar-refractivity contribution < 1.29 is 28.7 Å². The molecular formula is C14H14FN3O5. The molecule has 2 rings (SSSR count). The number of nitrogens with one attached hydrogen (secondary N) is 2. The molecule has 0 spiro atoms. The lowest BCUT2D eigenvalue weighted by Crippen LogP contribution is -2.44. The average Bonchev–Trinajstić information content (AvgIpc) is 2.70. The number of carbonyl (C=O) groups is 4. The molecule has 1 saturated heterocycles. The summed E-state index contributed by atoms with van der Waals surface area (Å²) in [5, 5.41) is 13.0. The van der Waals surface area contributed by atoms with Crippen LogP contribution in [0.2, 0.25) is 0 Å². The smallest absolute Gasteiger partial charge is 0.325 e. The molecule has 1 atom stereocenters. The highest BCUT2D eigenvalue weighted by molar-refractivity contribution is 6.09. The van der Waals surface area contributed by atoms with Gasteiger partial charge in [-0.15, -0.1) is 0 Å². The topological polar surface area (TPSA) is 116 Å². The molecule has 1 fully saturated rings. The molecule has 3 N–H and O–H groups in total. The SMILES string of the molecule is C[C@]1(c2ccc(F)cc2)NC(=O)N(CC(=O)NCC(=O)O)C1=O. The second-order valence-corrected chi connectivity index (χ2v) is 5.12. The molecule has 0 unspecified atom stereocenters. The zero-order valence-electron chi connectivity index (χ0n) is 12.1. The zero-order valence-corrected chi connectivity index (χ0v) is 12.1. The number of rotatable bonds is 5. The van der Waals surface area contributed by atoms with Crippen LogP contribution in [-0.4, -0.2) is 46.9 Å². The van der Waals surface area contributed by atoms with Crippen molar-refractivity contribution >= 4 is 23.8 Å². The third kappa shape index (κ3) is 3.28. The van der Waals surface area contributed by atoms with Crippen LogP contribution in [-0.2, 0) is 19.9 Å². The van der Waals surface area contributed by atoms with Crippen LogP contribution in [0.1, 0.15) is 12.5 Å². The Bertz CT molecular complexity index is 675. The fourth-order valence-electron chi connectivity index (χ4n) is 2.19. The van der Waals surface area contributed by atoms with E-state index in [9.17, 15) is 23.6 Å². The highest BCUT2D eigenvalue weighted by Gasteiger charge is 2.49. The molecule has 0 saturated carbocycles. The fraction of sp³-hybridized carbons (Fsp3) is 0.286. The first kappa shape index (κ1) is 16.4. The number of nitrogens with zero attached hydrogens (tertiary/aromatic N) is 1. The molecule has 122 valence electrons. The number of urea groups is 1. The second kappa shape index (κ2) is 6.03. The standard InChI is InChI=1S/C14H14FN3O5/c1-14(8-2-4-9(15)5-3-8)12(22)18(13(23)17-14)7-10(19)16-6-11(20)21/h2-5H,6-7H2,1H3,(H,16,19)(H,17,23)(H,20,21)/t14-/m1/s1. The molecule has 1 aromatic carbocycles. The Kier molecular flexibility index (Phi) is 4.30. The summed E-state index contributed by atoms with van der Waals surface area (Å²) in [6.07, 6.45) is 0. The monoisotopic (exact) mass is 323 g/mol. The number of carboxylic acids is 1. The maximum absolute atomic E-state index is 13.0. The Morgan fingerprint density at radius 2 is 1.91 bits per heavy atom. The summed E-state index contributed by atoms with van der Waals surface area (Å²) in [6, 6.07) is 4.25. The van der Waals surface area contributed by atoms with Gasteiger partial charge in [0.05, 0.1) is 0 Å². The normalized spacial score (nSPS) is 20.3. The van der Waals surface area contributed by atoms with Crippen molar-refractivity contribution in [2.45, 2.75) is 12.5 Å². The van der Waals surface area contributed by atoms with E-state index in [0.717, 1.165) is 12.1 Å². The number of hydrogen-bond donors (Lipinski definition) is 3. The van der Waals surface area contributed by atoms with E-state index in [-0.39, 0.29) is 0 Å². The first-order chi connectivity index (χ1) is 10.7. The number of carbonyl (C=O) groups excluding carboxylic acids is 3. The summed E-state index contributed by atoms with van der Waals surface area (Å²) in [5.74, 6) is -3.19. The summed E-state index contributed by atoms with van der Waals surface area (Å²) in [5.41, 5.74) is -1.05. The average molecular weight is 323 g/mol. The molecule has 4 amide bonds. The molecule has 0 aliphatic carbocycles. The van der Waals surface area contributed by atoms with Crippen molar-refractivity contribution in [3.05, 3.63) is 35.6 Å². The van der Waals surface area contributed by atoms with Gasteiger partial charge in [0.1, 0.15) is 24.4 Å². The summed E-state index contributed by atoms with van der Waals surface area (Å²) in [7, 11) is 0. The Morgan fingerprint density at radius 1 is 1.30 bits per heavy atom. The molecule has 0 radical (unpaired) electrons. The number of halogens is 1. The minimum absolute atomic E-state index is 0.366. The fourth-order valence-corrected chi connectivity index (χ4v) is 2.19. The van der Waals surface area contributed by atoms with Crippen LogP contribution in [0.3, 0.4) is 0 Å². The van der Waals surface area contributed by atoms with E-state index >= 15 is 0 Å². The molecule has 9 heteroatoms. The lowest BCUT2D eigenvalue weighted by Gasteiger charge is -2.22. The molecule has 1 aliphatic heterocycles. The maximum atomic E-state index is 13.0. The van der Waals surface area contributed by atoms with Crippen molar-refractivity contribution in [1.29, 1.82) is 0 Å². The zero-order chi connectivity index (χ0) is 17.2. The van der Waals surface area contributed by atoms with Crippen LogP contribution in [0.25, 0.3) is 0 Å². The van der Waals surface area contributed by atoms with Gasteiger partial charge in [0.15, 0.2) is 0 Å². The van der Waals surface area contributed by atoms with Crippen LogP contribution in [0.4, 0.5) is 9.18 Å². The van der Waals surface area contributed by atoms with Crippen LogP contribution in [0, 0.1) is 5.82 Å². The van der Waals surface area contributed by atoms with Crippen LogP contribution < -0.4 is 10.6 Å². The Morgan fingerprint density at radius 3 is 2.48 bits per heavy atom. The summed E-state index contributed by atoms with van der Waals surface area (Å²) >= 11 is 0. The van der Waals surface area contributed by atoms with Crippen molar-refractivity contribution in [1.82, 2.24) is 15.5 Å². The van der Waals surface area contributed by atoms with E-state index in [1.54, 1.807) is 0 Å². The maximum Gasteiger partial charge on any atom is 0.325 e. The number of amides is 4. The van der Waals surface area contributed by atoms with E-state index in [4.69, 9.17) is 5.11 Å². The number of hydrogen-bond acceptors (Lipinski definition) is 4. The molecule has 0 aromatic heterocycles. The van der Waals surface area contributed by atoms with E-state index < -0.39 is 48.3 Å². The van der Waals surface area contributed by atoms with Gasteiger partial charge < -0.3 is 15.7 Å². The third-order valence-electron chi connectivity index (χ3n) is 3.44. The Hall–Kier alpha value is -2.97. The van der Waals surface area contributed by atoms with Crippen LogP contribution >= 0.6 is 0 Å². The minimum Gasteiger partial charge on any atom is -0.480 e. The third-order valence-corrected chi connectivity index (χ3v) is 3.44. The number of benzene rings is 1.